The Bertz CT molecular complexity index is 1120. The number of aromatic nitrogens is 4. The molecule has 5 rings (SSSR count). The van der Waals surface area contributed by atoms with Crippen LogP contribution in [0.25, 0.3) is 5.65 Å². The average molecular weight is 385 g/mol. The van der Waals surface area contributed by atoms with Gasteiger partial charge >= 0.3 is 0 Å². The maximum absolute atomic E-state index is 13.0. The number of benzene rings is 1. The molecule has 0 saturated carbocycles. The lowest BCUT2D eigenvalue weighted by molar-refractivity contribution is 0.0673. The van der Waals surface area contributed by atoms with Crippen molar-refractivity contribution in [3.05, 3.63) is 90.1 Å². The molecule has 1 aliphatic heterocycles. The van der Waals surface area contributed by atoms with Crippen molar-refractivity contribution in [1.29, 1.82) is 0 Å². The third kappa shape index (κ3) is 2.92. The Kier molecular flexibility index (Phi) is 4.19. The van der Waals surface area contributed by atoms with Crippen molar-refractivity contribution in [1.82, 2.24) is 24.1 Å². The van der Waals surface area contributed by atoms with E-state index in [1.807, 2.05) is 42.4 Å². The van der Waals surface area contributed by atoms with Gasteiger partial charge in [-0.1, -0.05) is 36.4 Å². The first-order valence-corrected chi connectivity index (χ1v) is 9.94. The number of rotatable bonds is 3. The molecule has 146 valence electrons. The third-order valence-corrected chi connectivity index (χ3v) is 6.12. The maximum atomic E-state index is 13.0. The monoisotopic (exact) mass is 385 g/mol. The maximum Gasteiger partial charge on any atom is 0.272 e. The fourth-order valence-corrected chi connectivity index (χ4v) is 4.45. The first-order valence-electron chi connectivity index (χ1n) is 9.94. The molecule has 6 nitrogen and oxygen atoms in total. The summed E-state index contributed by atoms with van der Waals surface area (Å²) in [6, 6.07) is 18.4. The Morgan fingerprint density at radius 2 is 1.76 bits per heavy atom. The molecular weight excluding hydrogens is 362 g/mol. The highest BCUT2D eigenvalue weighted by atomic mass is 16.2. The topological polar surface area (TPSA) is 55.4 Å². The van der Waals surface area contributed by atoms with Crippen molar-refractivity contribution in [3.63, 3.8) is 0 Å². The van der Waals surface area contributed by atoms with Crippen LogP contribution in [0.15, 0.2) is 73.2 Å². The lowest BCUT2D eigenvalue weighted by Crippen LogP contribution is -2.46. The molecule has 29 heavy (non-hydrogen) atoms. The molecule has 1 aliphatic rings. The van der Waals surface area contributed by atoms with E-state index in [1.165, 1.54) is 5.56 Å². The normalized spacial score (nSPS) is 16.2. The summed E-state index contributed by atoms with van der Waals surface area (Å²) in [4.78, 5) is 19.9. The predicted octanol–water partition coefficient (Wildman–Crippen LogP) is 3.29. The molecule has 3 aromatic heterocycles. The molecule has 6 heteroatoms. The summed E-state index contributed by atoms with van der Waals surface area (Å²) in [7, 11) is 1.81. The van der Waals surface area contributed by atoms with Gasteiger partial charge in [0.1, 0.15) is 11.3 Å². The molecule has 0 bridgehead atoms. The Labute approximate surface area is 169 Å². The molecule has 0 spiro atoms. The molecule has 1 aromatic carbocycles. The van der Waals surface area contributed by atoms with Gasteiger partial charge in [-0.3, -0.25) is 9.48 Å². The SMILES string of the molecule is Cn1nccc1C(=O)N1CCC(c2ccccc2)(c2cn3ccccc3n2)CC1. The highest BCUT2D eigenvalue weighted by molar-refractivity contribution is 5.92. The summed E-state index contributed by atoms with van der Waals surface area (Å²) < 4.78 is 3.72. The van der Waals surface area contributed by atoms with Crippen molar-refractivity contribution in [2.24, 2.45) is 7.05 Å². The van der Waals surface area contributed by atoms with E-state index in [0.29, 0.717) is 18.8 Å². The van der Waals surface area contributed by atoms with Gasteiger partial charge in [0.25, 0.3) is 5.91 Å². The summed E-state index contributed by atoms with van der Waals surface area (Å²) in [6.07, 6.45) is 7.52. The van der Waals surface area contributed by atoms with Crippen LogP contribution >= 0.6 is 0 Å². The zero-order chi connectivity index (χ0) is 19.8. The highest BCUT2D eigenvalue weighted by Gasteiger charge is 2.41. The van der Waals surface area contributed by atoms with Gasteiger partial charge in [0.15, 0.2) is 0 Å². The number of imidazole rings is 1. The molecule has 0 unspecified atom stereocenters. The van der Waals surface area contributed by atoms with Gasteiger partial charge in [-0.05, 0) is 36.6 Å². The van der Waals surface area contributed by atoms with Crippen LogP contribution in [-0.2, 0) is 12.5 Å². The molecule has 0 aliphatic carbocycles. The van der Waals surface area contributed by atoms with Gasteiger partial charge in [0.2, 0.25) is 0 Å². The van der Waals surface area contributed by atoms with Gasteiger partial charge in [0, 0.05) is 44.1 Å². The van der Waals surface area contributed by atoms with Crippen LogP contribution in [0.5, 0.6) is 0 Å². The number of pyridine rings is 1. The van der Waals surface area contributed by atoms with E-state index in [0.717, 1.165) is 24.2 Å². The van der Waals surface area contributed by atoms with E-state index in [1.54, 1.807) is 16.9 Å². The smallest absolute Gasteiger partial charge is 0.272 e. The van der Waals surface area contributed by atoms with Crippen LogP contribution in [0.4, 0.5) is 0 Å². The Hall–Kier alpha value is -3.41. The average Bonchev–Trinajstić information content (AvgIpc) is 3.40. The van der Waals surface area contributed by atoms with Gasteiger partial charge in [-0.2, -0.15) is 5.10 Å². The van der Waals surface area contributed by atoms with E-state index in [-0.39, 0.29) is 11.3 Å². The predicted molar refractivity (Wildman–Crippen MR) is 111 cm³/mol. The molecule has 0 N–H and O–H groups in total. The summed E-state index contributed by atoms with van der Waals surface area (Å²) >= 11 is 0. The van der Waals surface area contributed by atoms with Crippen LogP contribution in [0, 0.1) is 0 Å². The van der Waals surface area contributed by atoms with Crippen LogP contribution in [0.2, 0.25) is 0 Å². The number of hydrogen-bond acceptors (Lipinski definition) is 3. The fraction of sp³-hybridized carbons (Fsp3) is 0.261. The van der Waals surface area contributed by atoms with E-state index in [9.17, 15) is 4.79 Å². The molecule has 0 radical (unpaired) electrons. The Balaban J connectivity index is 1.50. The van der Waals surface area contributed by atoms with Gasteiger partial charge in [0.05, 0.1) is 5.69 Å². The molecule has 4 aromatic rings. The van der Waals surface area contributed by atoms with E-state index < -0.39 is 0 Å². The minimum atomic E-state index is -0.198. The largest absolute Gasteiger partial charge is 0.337 e. The second-order valence-corrected chi connectivity index (χ2v) is 7.67. The lowest BCUT2D eigenvalue weighted by Gasteiger charge is -2.41. The second-order valence-electron chi connectivity index (χ2n) is 7.67. The van der Waals surface area contributed by atoms with Crippen LogP contribution in [0.3, 0.4) is 0 Å². The van der Waals surface area contributed by atoms with Gasteiger partial charge < -0.3 is 9.30 Å². The number of hydrogen-bond donors (Lipinski definition) is 0. The van der Waals surface area contributed by atoms with Gasteiger partial charge in [-0.15, -0.1) is 0 Å². The molecule has 1 amide bonds. The van der Waals surface area contributed by atoms with Gasteiger partial charge in [-0.25, -0.2) is 4.98 Å². The lowest BCUT2D eigenvalue weighted by atomic mass is 9.70. The molecule has 1 fully saturated rings. The van der Waals surface area contributed by atoms with Crippen LogP contribution < -0.4 is 0 Å². The van der Waals surface area contributed by atoms with E-state index in [4.69, 9.17) is 4.98 Å². The number of amides is 1. The third-order valence-electron chi connectivity index (χ3n) is 6.12. The zero-order valence-electron chi connectivity index (χ0n) is 16.4. The van der Waals surface area contributed by atoms with Crippen molar-refractivity contribution < 1.29 is 4.79 Å². The molecular formula is C23H23N5O. The Morgan fingerprint density at radius 1 is 1.00 bits per heavy atom. The number of piperidine rings is 1. The highest BCUT2D eigenvalue weighted by Crippen LogP contribution is 2.41. The van der Waals surface area contributed by atoms with E-state index in [2.05, 4.69) is 40.0 Å². The number of aryl methyl sites for hydroxylation is 1. The summed E-state index contributed by atoms with van der Waals surface area (Å²) in [6.45, 7) is 1.37. The van der Waals surface area contributed by atoms with Crippen LogP contribution in [0.1, 0.15) is 34.6 Å². The first-order chi connectivity index (χ1) is 14.2. The van der Waals surface area contributed by atoms with Crippen molar-refractivity contribution in [3.8, 4) is 0 Å². The molecule has 4 heterocycles. The first kappa shape index (κ1) is 17.7. The number of fused-ring (bicyclic) bond motifs is 1. The number of likely N-dealkylation sites (tertiary alicyclic amines) is 1. The Morgan fingerprint density at radius 3 is 2.45 bits per heavy atom. The number of carbonyl (C=O) groups excluding carboxylic acids is 1. The van der Waals surface area contributed by atoms with E-state index >= 15 is 0 Å². The summed E-state index contributed by atoms with van der Waals surface area (Å²) in [5, 5.41) is 4.14. The quantitative estimate of drug-likeness (QED) is 0.544. The van der Waals surface area contributed by atoms with Crippen molar-refractivity contribution >= 4 is 11.6 Å². The van der Waals surface area contributed by atoms with Crippen LogP contribution in [-0.4, -0.2) is 43.1 Å². The zero-order valence-corrected chi connectivity index (χ0v) is 16.4. The number of nitrogens with zero attached hydrogens (tertiary/aromatic N) is 5. The second kappa shape index (κ2) is 6.88. The summed E-state index contributed by atoms with van der Waals surface area (Å²) in [5.41, 5.74) is 3.71. The number of carbonyl (C=O) groups is 1. The summed E-state index contributed by atoms with van der Waals surface area (Å²) in [5.74, 6) is 0.0432. The fourth-order valence-electron chi connectivity index (χ4n) is 4.45. The van der Waals surface area contributed by atoms with Crippen molar-refractivity contribution in [2.75, 3.05) is 13.1 Å². The molecule has 0 atom stereocenters. The standard InChI is InChI=1S/C23H23N5O/c1-26-19(10-13-24-26)22(29)27-15-11-23(12-16-27,18-7-3-2-4-8-18)20-17-28-14-6-5-9-21(28)25-20/h2-10,13-14,17H,11-12,15-16H2,1H3. The minimum Gasteiger partial charge on any atom is -0.337 e. The van der Waals surface area contributed by atoms with Crippen molar-refractivity contribution in [2.45, 2.75) is 18.3 Å². The minimum absolute atomic E-state index is 0.0432. The molecule has 1 saturated heterocycles.